The van der Waals surface area contributed by atoms with Crippen LogP contribution in [0, 0.1) is 13.8 Å². The van der Waals surface area contributed by atoms with Crippen molar-refractivity contribution < 1.29 is 4.79 Å². The number of fused-ring (bicyclic) bond motifs is 3. The van der Waals surface area contributed by atoms with E-state index in [0.717, 1.165) is 33.1 Å². The van der Waals surface area contributed by atoms with Crippen molar-refractivity contribution >= 4 is 39.6 Å². The fourth-order valence-electron chi connectivity index (χ4n) is 2.99. The highest BCUT2D eigenvalue weighted by atomic mass is 32.2. The summed E-state index contributed by atoms with van der Waals surface area (Å²) in [4.78, 5) is 20.6. The van der Waals surface area contributed by atoms with Gasteiger partial charge in [0.2, 0.25) is 5.16 Å². The topological polar surface area (TPSA) is 71.5 Å². The first kappa shape index (κ1) is 16.7. The molecule has 0 spiro atoms. The van der Waals surface area contributed by atoms with Crippen molar-refractivity contribution in [3.8, 4) is 0 Å². The number of thioether (sulfide) groups is 1. The average Bonchev–Trinajstić information content (AvgIpc) is 3.00. The third-order valence-corrected chi connectivity index (χ3v) is 5.36. The van der Waals surface area contributed by atoms with E-state index in [0.29, 0.717) is 10.8 Å². The second-order valence-corrected chi connectivity index (χ2v) is 7.71. The molecule has 0 saturated carbocycles. The number of carbonyl (C=O) groups is 1. The highest BCUT2D eigenvalue weighted by Crippen LogP contribution is 2.27. The molecule has 0 fully saturated rings. The first-order valence-electron chi connectivity index (χ1n) is 8.42. The summed E-state index contributed by atoms with van der Waals surface area (Å²) in [5.74, 6) is 0.0801. The number of carbonyl (C=O) groups excluding carboxylic acids is 1. The fourth-order valence-corrected chi connectivity index (χ4v) is 3.77. The van der Waals surface area contributed by atoms with Crippen LogP contribution in [0.3, 0.4) is 0 Å². The molecule has 5 nitrogen and oxygen atoms in total. The Morgan fingerprint density at radius 3 is 2.77 bits per heavy atom. The van der Waals surface area contributed by atoms with E-state index in [1.807, 2.05) is 63.2 Å². The van der Waals surface area contributed by atoms with Crippen molar-refractivity contribution in [3.63, 3.8) is 0 Å². The molecule has 4 aromatic rings. The molecule has 0 bridgehead atoms. The Morgan fingerprint density at radius 1 is 1.12 bits per heavy atom. The van der Waals surface area contributed by atoms with Gasteiger partial charge >= 0.3 is 0 Å². The monoisotopic (exact) mass is 362 g/mol. The Kier molecular flexibility index (Phi) is 4.20. The van der Waals surface area contributed by atoms with Gasteiger partial charge in [-0.15, -0.1) is 10.2 Å². The maximum atomic E-state index is 12.8. The fraction of sp³-hybridized carbons (Fsp3) is 0.200. The molecule has 0 saturated heterocycles. The second kappa shape index (κ2) is 6.53. The summed E-state index contributed by atoms with van der Waals surface area (Å²) in [5, 5.41) is 9.73. The van der Waals surface area contributed by atoms with Gasteiger partial charge in [-0.2, -0.15) is 0 Å². The zero-order chi connectivity index (χ0) is 18.3. The molecule has 0 aliphatic rings. The zero-order valence-corrected chi connectivity index (χ0v) is 15.6. The van der Waals surface area contributed by atoms with Crippen LogP contribution in [0.25, 0.3) is 22.1 Å². The highest BCUT2D eigenvalue weighted by Gasteiger charge is 2.20. The molecule has 2 aromatic heterocycles. The molecule has 4 rings (SSSR count). The number of ketones is 1. The molecule has 0 aliphatic heterocycles. The number of benzene rings is 2. The highest BCUT2D eigenvalue weighted by molar-refractivity contribution is 8.00. The molecule has 1 atom stereocenters. The van der Waals surface area contributed by atoms with Crippen LogP contribution in [0.1, 0.15) is 28.4 Å². The maximum absolute atomic E-state index is 12.8. The van der Waals surface area contributed by atoms with Gasteiger partial charge in [-0.1, -0.05) is 47.7 Å². The Balaban J connectivity index is 1.62. The number of aromatic amines is 1. The lowest BCUT2D eigenvalue weighted by Gasteiger charge is -2.11. The maximum Gasteiger partial charge on any atom is 0.211 e. The third kappa shape index (κ3) is 2.97. The molecule has 1 N–H and O–H groups in total. The van der Waals surface area contributed by atoms with Gasteiger partial charge < -0.3 is 4.98 Å². The molecular formula is C20H18N4OS. The number of para-hydroxylation sites is 1. The number of aromatic nitrogens is 4. The minimum atomic E-state index is -0.292. The predicted molar refractivity (Wildman–Crippen MR) is 105 cm³/mol. The SMILES string of the molecule is Cc1ccc(C)c(C(=O)[C@H](C)Sc2nnc3c(n2)[nH]c2ccccc23)c1. The number of nitrogens with zero attached hydrogens (tertiary/aromatic N) is 3. The molecular weight excluding hydrogens is 344 g/mol. The molecule has 0 radical (unpaired) electrons. The smallest absolute Gasteiger partial charge is 0.211 e. The van der Waals surface area contributed by atoms with Crippen molar-refractivity contribution in [1.82, 2.24) is 20.2 Å². The van der Waals surface area contributed by atoms with Gasteiger partial charge in [-0.25, -0.2) is 4.98 Å². The molecule has 6 heteroatoms. The molecule has 2 heterocycles. The summed E-state index contributed by atoms with van der Waals surface area (Å²) in [6.45, 7) is 5.83. The first-order chi connectivity index (χ1) is 12.5. The molecule has 0 aliphatic carbocycles. The van der Waals surface area contributed by atoms with E-state index in [9.17, 15) is 4.79 Å². The normalized spacial score (nSPS) is 12.6. The van der Waals surface area contributed by atoms with Crippen molar-refractivity contribution in [2.45, 2.75) is 31.2 Å². The number of hydrogen-bond acceptors (Lipinski definition) is 5. The van der Waals surface area contributed by atoms with E-state index in [1.165, 1.54) is 11.8 Å². The van der Waals surface area contributed by atoms with E-state index in [1.54, 1.807) is 0 Å². The van der Waals surface area contributed by atoms with Crippen molar-refractivity contribution in [3.05, 3.63) is 59.2 Å². The number of aryl methyl sites for hydroxylation is 2. The second-order valence-electron chi connectivity index (χ2n) is 6.40. The predicted octanol–water partition coefficient (Wildman–Crippen LogP) is 4.49. The average molecular weight is 362 g/mol. The van der Waals surface area contributed by atoms with E-state index in [2.05, 4.69) is 20.2 Å². The van der Waals surface area contributed by atoms with Gasteiger partial charge in [-0.3, -0.25) is 4.79 Å². The summed E-state index contributed by atoms with van der Waals surface area (Å²) in [6.07, 6.45) is 0. The summed E-state index contributed by atoms with van der Waals surface area (Å²) in [5.41, 5.74) is 5.23. The van der Waals surface area contributed by atoms with Crippen LogP contribution in [0.4, 0.5) is 0 Å². The van der Waals surface area contributed by atoms with E-state index in [4.69, 9.17) is 0 Å². The van der Waals surface area contributed by atoms with Gasteiger partial charge in [-0.05, 0) is 38.5 Å². The van der Waals surface area contributed by atoms with Gasteiger partial charge in [0.25, 0.3) is 0 Å². The van der Waals surface area contributed by atoms with Gasteiger partial charge in [0.1, 0.15) is 5.52 Å². The number of Topliss-reactive ketones (excluding diaryl/α,β-unsaturated/α-hetero) is 1. The zero-order valence-electron chi connectivity index (χ0n) is 14.8. The van der Waals surface area contributed by atoms with E-state index >= 15 is 0 Å². The van der Waals surface area contributed by atoms with Gasteiger partial charge in [0, 0.05) is 16.5 Å². The standard InChI is InChI=1S/C20H18N4OS/c1-11-8-9-12(2)15(10-11)18(25)13(3)26-20-22-19-17(23-24-20)14-6-4-5-7-16(14)21-19/h4-10,13H,1-3H3,(H,21,22,24)/t13-/m0/s1. The van der Waals surface area contributed by atoms with Crippen LogP contribution in [-0.2, 0) is 0 Å². The minimum absolute atomic E-state index is 0.0801. The van der Waals surface area contributed by atoms with E-state index in [-0.39, 0.29) is 11.0 Å². The lowest BCUT2D eigenvalue weighted by Crippen LogP contribution is -2.15. The van der Waals surface area contributed by atoms with Crippen molar-refractivity contribution in [1.29, 1.82) is 0 Å². The Morgan fingerprint density at radius 2 is 1.92 bits per heavy atom. The lowest BCUT2D eigenvalue weighted by molar-refractivity contribution is 0.0993. The summed E-state index contributed by atoms with van der Waals surface area (Å²) >= 11 is 1.33. The minimum Gasteiger partial charge on any atom is -0.338 e. The molecule has 0 amide bonds. The number of hydrogen-bond donors (Lipinski definition) is 1. The van der Waals surface area contributed by atoms with Crippen LogP contribution in [-0.4, -0.2) is 31.2 Å². The van der Waals surface area contributed by atoms with E-state index < -0.39 is 0 Å². The summed E-state index contributed by atoms with van der Waals surface area (Å²) in [7, 11) is 0. The number of nitrogens with one attached hydrogen (secondary N) is 1. The van der Waals surface area contributed by atoms with Crippen LogP contribution in [0.15, 0.2) is 47.6 Å². The molecule has 0 unspecified atom stereocenters. The van der Waals surface area contributed by atoms with Crippen molar-refractivity contribution in [2.75, 3.05) is 0 Å². The largest absolute Gasteiger partial charge is 0.338 e. The quantitative estimate of drug-likeness (QED) is 0.428. The van der Waals surface area contributed by atoms with Crippen LogP contribution >= 0.6 is 11.8 Å². The summed E-state index contributed by atoms with van der Waals surface area (Å²) in [6, 6.07) is 13.8. The van der Waals surface area contributed by atoms with Gasteiger partial charge in [0.15, 0.2) is 11.4 Å². The van der Waals surface area contributed by atoms with Crippen LogP contribution in [0.5, 0.6) is 0 Å². The Labute approximate surface area is 155 Å². The van der Waals surface area contributed by atoms with Crippen LogP contribution < -0.4 is 0 Å². The number of H-pyrrole nitrogens is 1. The summed E-state index contributed by atoms with van der Waals surface area (Å²) < 4.78 is 0. The first-order valence-corrected chi connectivity index (χ1v) is 9.30. The molecule has 130 valence electrons. The third-order valence-electron chi connectivity index (χ3n) is 4.41. The Hall–Kier alpha value is -2.73. The van der Waals surface area contributed by atoms with Crippen LogP contribution in [0.2, 0.25) is 0 Å². The Bertz CT molecular complexity index is 1140. The lowest BCUT2D eigenvalue weighted by atomic mass is 10.0. The number of rotatable bonds is 4. The molecule has 2 aromatic carbocycles. The van der Waals surface area contributed by atoms with Crippen molar-refractivity contribution in [2.24, 2.45) is 0 Å². The molecule has 26 heavy (non-hydrogen) atoms. The van der Waals surface area contributed by atoms with Gasteiger partial charge in [0.05, 0.1) is 5.25 Å².